The van der Waals surface area contributed by atoms with E-state index < -0.39 is 0 Å². The van der Waals surface area contributed by atoms with E-state index in [0.29, 0.717) is 13.0 Å². The van der Waals surface area contributed by atoms with Gasteiger partial charge in [0.15, 0.2) is 0 Å². The maximum absolute atomic E-state index is 11.8. The summed E-state index contributed by atoms with van der Waals surface area (Å²) in [7, 11) is 0. The third kappa shape index (κ3) is 3.76. The van der Waals surface area contributed by atoms with Gasteiger partial charge in [-0.05, 0) is 63.5 Å². The molecule has 1 aliphatic heterocycles. The van der Waals surface area contributed by atoms with Crippen LogP contribution in [0.3, 0.4) is 0 Å². The lowest BCUT2D eigenvalue weighted by Gasteiger charge is -2.33. The quantitative estimate of drug-likeness (QED) is 0.619. The van der Waals surface area contributed by atoms with Crippen molar-refractivity contribution >= 4 is 11.7 Å². The van der Waals surface area contributed by atoms with E-state index >= 15 is 0 Å². The molecule has 1 saturated carbocycles. The fourth-order valence-electron chi connectivity index (χ4n) is 3.25. The number of hydrogen-bond acceptors (Lipinski definition) is 5. The zero-order valence-electron chi connectivity index (χ0n) is 14.2. The van der Waals surface area contributed by atoms with Gasteiger partial charge >= 0.3 is 5.97 Å². The molecule has 0 N–H and O–H groups in total. The lowest BCUT2D eigenvalue weighted by molar-refractivity contribution is -0.151. The van der Waals surface area contributed by atoms with Gasteiger partial charge in [-0.25, -0.2) is 4.98 Å². The number of hydrogen-bond donors (Lipinski definition) is 0. The largest absolute Gasteiger partial charge is 0.466 e. The first-order valence-electron chi connectivity index (χ1n) is 8.47. The number of nitrogens with zero attached hydrogens (tertiary/aromatic N) is 2. The molecule has 0 bridgehead atoms. The second kappa shape index (κ2) is 7.04. The second-order valence-electron chi connectivity index (χ2n) is 6.43. The summed E-state index contributed by atoms with van der Waals surface area (Å²) >= 11 is 0. The van der Waals surface area contributed by atoms with Gasteiger partial charge in [0, 0.05) is 12.1 Å². The van der Waals surface area contributed by atoms with Gasteiger partial charge in [0.1, 0.15) is 17.0 Å². The van der Waals surface area contributed by atoms with Crippen molar-refractivity contribution in [2.24, 2.45) is 11.1 Å². The lowest BCUT2D eigenvalue weighted by atomic mass is 9.76. The van der Waals surface area contributed by atoms with Gasteiger partial charge in [-0.3, -0.25) is 4.79 Å². The van der Waals surface area contributed by atoms with E-state index in [9.17, 15) is 4.79 Å². The third-order valence-corrected chi connectivity index (χ3v) is 4.58. The molecule has 1 aliphatic carbocycles. The van der Waals surface area contributed by atoms with Crippen LogP contribution in [0, 0.1) is 24.7 Å². The van der Waals surface area contributed by atoms with Gasteiger partial charge in [-0.1, -0.05) is 11.2 Å². The van der Waals surface area contributed by atoms with Crippen molar-refractivity contribution < 1.29 is 14.4 Å². The van der Waals surface area contributed by atoms with E-state index in [1.807, 2.05) is 32.0 Å². The molecule has 2 aliphatic rings. The number of carbonyl (C=O) groups excluding carboxylic acids is 1. The molecule has 0 unspecified atom stereocenters. The van der Waals surface area contributed by atoms with Crippen LogP contribution < -0.4 is 0 Å². The van der Waals surface area contributed by atoms with Crippen molar-refractivity contribution in [2.45, 2.75) is 51.6 Å². The number of aryl methyl sites for hydroxylation is 1. The molecule has 0 aromatic carbocycles. The Balaban J connectivity index is 1.57. The molecule has 5 nitrogen and oxygen atoms in total. The summed E-state index contributed by atoms with van der Waals surface area (Å²) in [6.07, 6.45) is 3.91. The van der Waals surface area contributed by atoms with Crippen molar-refractivity contribution in [3.63, 3.8) is 0 Å². The number of oxime groups is 1. The van der Waals surface area contributed by atoms with Crippen molar-refractivity contribution in [1.29, 1.82) is 0 Å². The average Bonchev–Trinajstić information content (AvgIpc) is 2.97. The highest BCUT2D eigenvalue weighted by Gasteiger charge is 2.43. The monoisotopic (exact) mass is 326 g/mol. The van der Waals surface area contributed by atoms with Crippen LogP contribution >= 0.6 is 0 Å². The molecule has 1 aromatic heterocycles. The highest BCUT2D eigenvalue weighted by atomic mass is 16.7. The van der Waals surface area contributed by atoms with Gasteiger partial charge in [0.05, 0.1) is 12.5 Å². The smallest absolute Gasteiger partial charge is 0.308 e. The Bertz CT molecular complexity index is 707. The molecule has 3 rings (SSSR count). The van der Waals surface area contributed by atoms with E-state index in [1.165, 1.54) is 0 Å². The average molecular weight is 326 g/mol. The molecule has 0 amide bonds. The molecule has 0 radical (unpaired) electrons. The molecular weight excluding hydrogens is 304 g/mol. The third-order valence-electron chi connectivity index (χ3n) is 4.58. The minimum Gasteiger partial charge on any atom is -0.466 e. The highest BCUT2D eigenvalue weighted by molar-refractivity contribution is 6.01. The molecule has 5 heteroatoms. The molecule has 0 atom stereocenters. The number of rotatable bonds is 2. The Morgan fingerprint density at radius 1 is 1.38 bits per heavy atom. The van der Waals surface area contributed by atoms with Gasteiger partial charge in [-0.2, -0.15) is 0 Å². The van der Waals surface area contributed by atoms with Crippen LogP contribution in [-0.2, 0) is 14.4 Å². The van der Waals surface area contributed by atoms with Gasteiger partial charge < -0.3 is 9.57 Å². The SMILES string of the molecule is CCOC(=O)C1CCC2(CC1)CC(C#Cc1cccc(C)n1)=NO2. The van der Waals surface area contributed by atoms with Gasteiger partial charge in [0.2, 0.25) is 0 Å². The number of esters is 1. The minimum absolute atomic E-state index is 0.00852. The Morgan fingerprint density at radius 3 is 2.88 bits per heavy atom. The van der Waals surface area contributed by atoms with E-state index in [0.717, 1.165) is 42.8 Å². The van der Waals surface area contributed by atoms with E-state index in [1.54, 1.807) is 0 Å². The standard InChI is InChI=1S/C19H22N2O3/c1-3-23-18(22)15-9-11-19(12-10-15)13-17(21-24-19)8-7-16-6-4-5-14(2)20-16/h4-6,15H,3,9-13H2,1-2H3. The summed E-state index contributed by atoms with van der Waals surface area (Å²) in [5, 5.41) is 4.16. The van der Waals surface area contributed by atoms with Gasteiger partial charge in [0.25, 0.3) is 0 Å². The number of carbonyl (C=O) groups is 1. The number of pyridine rings is 1. The Hall–Kier alpha value is -2.35. The normalized spacial score (nSPS) is 25.4. The fourth-order valence-corrected chi connectivity index (χ4v) is 3.25. The van der Waals surface area contributed by atoms with Crippen molar-refractivity contribution in [3.05, 3.63) is 29.6 Å². The Kier molecular flexibility index (Phi) is 4.84. The Morgan fingerprint density at radius 2 is 2.17 bits per heavy atom. The summed E-state index contributed by atoms with van der Waals surface area (Å²) in [6.45, 7) is 4.22. The zero-order valence-corrected chi connectivity index (χ0v) is 14.2. The summed E-state index contributed by atoms with van der Waals surface area (Å²) in [6, 6.07) is 5.77. The first kappa shape index (κ1) is 16.5. The molecule has 24 heavy (non-hydrogen) atoms. The van der Waals surface area contributed by atoms with Crippen LogP contribution in [0.2, 0.25) is 0 Å². The maximum Gasteiger partial charge on any atom is 0.308 e. The summed E-state index contributed by atoms with van der Waals surface area (Å²) in [4.78, 5) is 21.9. The van der Waals surface area contributed by atoms with Crippen molar-refractivity contribution in [3.8, 4) is 11.8 Å². The topological polar surface area (TPSA) is 60.8 Å². The molecule has 1 fully saturated rings. The van der Waals surface area contributed by atoms with Crippen LogP contribution in [0.25, 0.3) is 0 Å². The van der Waals surface area contributed by atoms with Crippen LogP contribution in [0.4, 0.5) is 0 Å². The predicted molar refractivity (Wildman–Crippen MR) is 90.3 cm³/mol. The van der Waals surface area contributed by atoms with Crippen LogP contribution in [0.1, 0.15) is 50.4 Å². The highest BCUT2D eigenvalue weighted by Crippen LogP contribution is 2.40. The fraction of sp³-hybridized carbons (Fsp3) is 0.526. The first-order chi connectivity index (χ1) is 11.6. The predicted octanol–water partition coefficient (Wildman–Crippen LogP) is 3.01. The van der Waals surface area contributed by atoms with Gasteiger partial charge in [-0.15, -0.1) is 0 Å². The van der Waals surface area contributed by atoms with Crippen LogP contribution in [0.15, 0.2) is 23.4 Å². The molecule has 1 aromatic rings. The lowest BCUT2D eigenvalue weighted by Crippen LogP contribution is -2.36. The molecular formula is C19H22N2O3. The summed E-state index contributed by atoms with van der Waals surface area (Å²) < 4.78 is 5.11. The molecule has 1 spiro atoms. The molecule has 2 heterocycles. The minimum atomic E-state index is -0.285. The van der Waals surface area contributed by atoms with Crippen LogP contribution in [0.5, 0.6) is 0 Å². The molecule has 0 saturated heterocycles. The summed E-state index contributed by atoms with van der Waals surface area (Å²) in [5.41, 5.74) is 2.16. The summed E-state index contributed by atoms with van der Waals surface area (Å²) in [5.74, 6) is 6.02. The van der Waals surface area contributed by atoms with Crippen LogP contribution in [-0.4, -0.2) is 28.9 Å². The van der Waals surface area contributed by atoms with E-state index in [4.69, 9.17) is 9.57 Å². The number of ether oxygens (including phenoxy) is 1. The second-order valence-corrected chi connectivity index (χ2v) is 6.43. The first-order valence-corrected chi connectivity index (χ1v) is 8.47. The van der Waals surface area contributed by atoms with Crippen molar-refractivity contribution in [2.75, 3.05) is 6.61 Å². The maximum atomic E-state index is 11.8. The Labute approximate surface area is 142 Å². The number of aromatic nitrogens is 1. The van der Waals surface area contributed by atoms with E-state index in [2.05, 4.69) is 22.0 Å². The van der Waals surface area contributed by atoms with E-state index in [-0.39, 0.29) is 17.5 Å². The van der Waals surface area contributed by atoms with Crippen molar-refractivity contribution in [1.82, 2.24) is 4.98 Å². The zero-order chi connectivity index (χ0) is 17.0. The molecule has 126 valence electrons.